The molecule has 0 fully saturated rings. The minimum atomic E-state index is -0.656. The molecule has 0 atom stereocenters. The second-order valence-electron chi connectivity index (χ2n) is 12.0. The Morgan fingerprint density at radius 2 is 1.38 bits per heavy atom. The zero-order chi connectivity index (χ0) is 34.5. The van der Waals surface area contributed by atoms with Crippen molar-refractivity contribution >= 4 is 46.3 Å². The van der Waals surface area contributed by atoms with Gasteiger partial charge in [-0.15, -0.1) is 0 Å². The van der Waals surface area contributed by atoms with Gasteiger partial charge in [0.1, 0.15) is 11.4 Å². The van der Waals surface area contributed by atoms with E-state index in [1.54, 1.807) is 54.6 Å². The summed E-state index contributed by atoms with van der Waals surface area (Å²) in [6.45, 7) is 4.26. The van der Waals surface area contributed by atoms with E-state index in [1.807, 2.05) is 63.1 Å². The normalized spacial score (nSPS) is 12.3. The van der Waals surface area contributed by atoms with Crippen LogP contribution in [-0.2, 0) is 0 Å². The number of nitrogens with one attached hydrogen (secondary N) is 1. The number of nitrogens with zero attached hydrogens (tertiary/aromatic N) is 3. The highest BCUT2D eigenvalue weighted by molar-refractivity contribution is 6.15. The number of phenols is 1. The Labute approximate surface area is 280 Å². The van der Waals surface area contributed by atoms with Gasteiger partial charge in [-0.2, -0.15) is 0 Å². The lowest BCUT2D eigenvalue weighted by atomic mass is 10.1. The first-order valence-corrected chi connectivity index (χ1v) is 15.7. The largest absolute Gasteiger partial charge is 0.508 e. The molecule has 48 heavy (non-hydrogen) atoms. The lowest BCUT2D eigenvalue weighted by Crippen LogP contribution is -2.30. The highest BCUT2D eigenvalue weighted by atomic mass is 16.5. The molecule has 1 heterocycles. The van der Waals surface area contributed by atoms with Crippen molar-refractivity contribution in [3.8, 4) is 17.2 Å². The maximum atomic E-state index is 14.3. The number of hydrogen-bond acceptors (Lipinski definition) is 9. The van der Waals surface area contributed by atoms with E-state index in [0.717, 1.165) is 29.8 Å². The number of carbonyl (C=O) groups excluding carboxylic acids is 3. The number of hydrogen-bond donors (Lipinski definition) is 2. The number of phenolic OH excluding ortho intramolecular Hbond substituents is 1. The van der Waals surface area contributed by atoms with Crippen LogP contribution in [0.5, 0.6) is 17.2 Å². The molecular formula is C38H40N4O6. The summed E-state index contributed by atoms with van der Waals surface area (Å²) < 4.78 is 11.7. The van der Waals surface area contributed by atoms with E-state index >= 15 is 0 Å². The summed E-state index contributed by atoms with van der Waals surface area (Å²) in [6.07, 6.45) is 3.76. The molecule has 248 valence electrons. The average molecular weight is 649 g/mol. The lowest BCUT2D eigenvalue weighted by Gasteiger charge is -2.23. The third-order valence-corrected chi connectivity index (χ3v) is 8.02. The van der Waals surface area contributed by atoms with E-state index < -0.39 is 17.8 Å². The van der Waals surface area contributed by atoms with Crippen LogP contribution in [0.15, 0.2) is 90.5 Å². The van der Waals surface area contributed by atoms with Crippen LogP contribution >= 0.6 is 0 Å². The maximum Gasteiger partial charge on any atom is 0.343 e. The summed E-state index contributed by atoms with van der Waals surface area (Å²) in [5.74, 6) is -1.76. The van der Waals surface area contributed by atoms with Gasteiger partial charge in [0, 0.05) is 58.2 Å². The molecule has 0 saturated heterocycles. The van der Waals surface area contributed by atoms with Crippen molar-refractivity contribution < 1.29 is 29.0 Å². The standard InChI is InChI=1S/C38H40N4O6/c1-7-9-24(2)20-21-42-31-22-29(43)23-33(48-38(46)26-14-18-28(19-15-26)41(5)6)35(31)39-34-30(36(42)44)10-8-11-32(34)47-37(45)25-12-16-27(17-13-25)40(3)4/h8,10-20,22-23,39,43H,7,9,21H2,1-6H3. The van der Waals surface area contributed by atoms with Crippen LogP contribution in [0.2, 0.25) is 0 Å². The van der Waals surface area contributed by atoms with Gasteiger partial charge in [-0.05, 0) is 74.0 Å². The Hall–Kier alpha value is -5.77. The summed E-state index contributed by atoms with van der Waals surface area (Å²) >= 11 is 0. The van der Waals surface area contributed by atoms with Gasteiger partial charge < -0.3 is 34.6 Å². The summed E-state index contributed by atoms with van der Waals surface area (Å²) in [5.41, 5.74) is 4.55. The highest BCUT2D eigenvalue weighted by Gasteiger charge is 2.32. The molecule has 4 aromatic carbocycles. The molecule has 0 aromatic heterocycles. The smallest absolute Gasteiger partial charge is 0.343 e. The minimum Gasteiger partial charge on any atom is -0.508 e. The van der Waals surface area contributed by atoms with Crippen LogP contribution < -0.4 is 29.5 Å². The van der Waals surface area contributed by atoms with Crippen molar-refractivity contribution in [2.75, 3.05) is 54.8 Å². The van der Waals surface area contributed by atoms with Crippen LogP contribution in [0.4, 0.5) is 28.4 Å². The number of rotatable bonds is 10. The Morgan fingerprint density at radius 1 is 0.812 bits per heavy atom. The number of amides is 1. The molecule has 10 heteroatoms. The number of anilines is 5. The van der Waals surface area contributed by atoms with Gasteiger partial charge >= 0.3 is 11.9 Å². The third-order valence-electron chi connectivity index (χ3n) is 8.02. The van der Waals surface area contributed by atoms with Crippen LogP contribution in [-0.4, -0.2) is 57.7 Å². The first-order chi connectivity index (χ1) is 23.0. The number of carbonyl (C=O) groups is 3. The Balaban J connectivity index is 1.58. The van der Waals surface area contributed by atoms with Gasteiger partial charge in [0.15, 0.2) is 11.5 Å². The number of aromatic hydroxyl groups is 1. The van der Waals surface area contributed by atoms with E-state index in [4.69, 9.17) is 9.47 Å². The molecule has 0 bridgehead atoms. The summed E-state index contributed by atoms with van der Waals surface area (Å²) in [5, 5.41) is 14.1. The second kappa shape index (κ2) is 14.3. The number of esters is 2. The predicted octanol–water partition coefficient (Wildman–Crippen LogP) is 7.41. The van der Waals surface area contributed by atoms with Crippen molar-refractivity contribution in [2.45, 2.75) is 26.7 Å². The first-order valence-electron chi connectivity index (χ1n) is 15.7. The van der Waals surface area contributed by atoms with E-state index in [2.05, 4.69) is 12.2 Å². The monoisotopic (exact) mass is 648 g/mol. The predicted molar refractivity (Wildman–Crippen MR) is 190 cm³/mol. The van der Waals surface area contributed by atoms with E-state index in [1.165, 1.54) is 17.0 Å². The second-order valence-corrected chi connectivity index (χ2v) is 12.0. The topological polar surface area (TPSA) is 112 Å². The van der Waals surface area contributed by atoms with Gasteiger partial charge in [-0.25, -0.2) is 9.59 Å². The molecule has 0 spiro atoms. The highest BCUT2D eigenvalue weighted by Crippen LogP contribution is 2.47. The van der Waals surface area contributed by atoms with Crippen LogP contribution in [0.1, 0.15) is 57.8 Å². The zero-order valence-electron chi connectivity index (χ0n) is 28.0. The molecule has 4 aromatic rings. The van der Waals surface area contributed by atoms with Crippen molar-refractivity contribution in [1.82, 2.24) is 0 Å². The van der Waals surface area contributed by atoms with E-state index in [9.17, 15) is 19.5 Å². The van der Waals surface area contributed by atoms with Crippen molar-refractivity contribution in [3.63, 3.8) is 0 Å². The number of benzene rings is 4. The molecule has 2 N–H and O–H groups in total. The Bertz CT molecular complexity index is 1860. The van der Waals surface area contributed by atoms with E-state index in [0.29, 0.717) is 16.8 Å². The molecule has 0 saturated carbocycles. The molecule has 1 aliphatic rings. The minimum absolute atomic E-state index is 0.00741. The fourth-order valence-electron chi connectivity index (χ4n) is 5.34. The quantitative estimate of drug-likeness (QED) is 0.0786. The lowest BCUT2D eigenvalue weighted by molar-refractivity contribution is 0.0727. The molecule has 0 radical (unpaired) electrons. The van der Waals surface area contributed by atoms with Crippen LogP contribution in [0, 0.1) is 0 Å². The zero-order valence-corrected chi connectivity index (χ0v) is 28.0. The molecular weight excluding hydrogens is 608 g/mol. The van der Waals surface area contributed by atoms with Gasteiger partial charge in [0.2, 0.25) is 0 Å². The SMILES string of the molecule is CCCC(C)=CCN1C(=O)c2cccc(OC(=O)c3ccc(N(C)C)cc3)c2Nc2c(OC(=O)c3ccc(N(C)C)cc3)cc(O)cc21. The van der Waals surface area contributed by atoms with Gasteiger partial charge in [0.25, 0.3) is 5.91 Å². The maximum absolute atomic E-state index is 14.3. The fourth-order valence-corrected chi connectivity index (χ4v) is 5.34. The van der Waals surface area contributed by atoms with Gasteiger partial charge in [0.05, 0.1) is 28.1 Å². The van der Waals surface area contributed by atoms with Crippen LogP contribution in [0.25, 0.3) is 0 Å². The molecule has 1 amide bonds. The Morgan fingerprint density at radius 3 is 1.92 bits per heavy atom. The van der Waals surface area contributed by atoms with Gasteiger partial charge in [-0.3, -0.25) is 4.79 Å². The Kier molecular flexibility index (Phi) is 10.0. The summed E-state index contributed by atoms with van der Waals surface area (Å²) in [7, 11) is 7.61. The first kappa shape index (κ1) is 33.6. The summed E-state index contributed by atoms with van der Waals surface area (Å²) in [4.78, 5) is 46.3. The molecule has 10 nitrogen and oxygen atoms in total. The number of allylic oxidation sites excluding steroid dienone is 1. The summed E-state index contributed by atoms with van der Waals surface area (Å²) in [6, 6.07) is 21.5. The van der Waals surface area contributed by atoms with Gasteiger partial charge in [-0.1, -0.05) is 31.1 Å². The number of ether oxygens (including phenoxy) is 2. The van der Waals surface area contributed by atoms with Crippen molar-refractivity contribution in [1.29, 1.82) is 0 Å². The number of para-hydroxylation sites is 1. The van der Waals surface area contributed by atoms with E-state index in [-0.39, 0.29) is 40.7 Å². The van der Waals surface area contributed by atoms with Crippen molar-refractivity contribution in [3.05, 3.63) is 107 Å². The molecule has 0 unspecified atom stereocenters. The van der Waals surface area contributed by atoms with Crippen LogP contribution in [0.3, 0.4) is 0 Å². The molecule has 0 aliphatic carbocycles. The fraction of sp³-hybridized carbons (Fsp3) is 0.237. The molecule has 5 rings (SSSR count). The average Bonchev–Trinajstić information content (AvgIpc) is 3.18. The third kappa shape index (κ3) is 7.28. The molecule has 1 aliphatic heterocycles. The number of fused-ring (bicyclic) bond motifs is 2. The van der Waals surface area contributed by atoms with Crippen molar-refractivity contribution in [2.24, 2.45) is 0 Å².